The van der Waals surface area contributed by atoms with Crippen molar-refractivity contribution in [1.29, 1.82) is 0 Å². The molecule has 0 aliphatic rings. The van der Waals surface area contributed by atoms with Crippen LogP contribution < -0.4 is 15.9 Å². The number of rotatable bonds is 6. The van der Waals surface area contributed by atoms with E-state index in [1.165, 1.54) is 27.6 Å². The van der Waals surface area contributed by atoms with E-state index in [0.717, 1.165) is 18.3 Å². The van der Waals surface area contributed by atoms with Crippen LogP contribution in [0.5, 0.6) is 5.75 Å². The van der Waals surface area contributed by atoms with Crippen molar-refractivity contribution in [1.82, 2.24) is 5.32 Å². The highest BCUT2D eigenvalue weighted by molar-refractivity contribution is 7.55. The summed E-state index contributed by atoms with van der Waals surface area (Å²) in [6.45, 7) is 9.51. The Morgan fingerprint density at radius 3 is 2.32 bits per heavy atom. The lowest BCUT2D eigenvalue weighted by Crippen LogP contribution is -2.36. The Bertz CT molecular complexity index is 929. The first-order valence-corrected chi connectivity index (χ1v) is 10.8. The van der Waals surface area contributed by atoms with Gasteiger partial charge < -0.3 is 10.4 Å². The number of hydrogen-bond donors (Lipinski definition) is 2. The lowest BCUT2D eigenvalue weighted by Gasteiger charge is -2.22. The molecule has 28 heavy (non-hydrogen) atoms. The van der Waals surface area contributed by atoms with E-state index in [0.29, 0.717) is 14.3 Å². The summed E-state index contributed by atoms with van der Waals surface area (Å²) in [7, 11) is 0.431. The van der Waals surface area contributed by atoms with Gasteiger partial charge in [0.05, 0.1) is 0 Å². The average Bonchev–Trinajstić information content (AvgIpc) is 2.65. The zero-order valence-electron chi connectivity index (χ0n) is 17.2. The number of phenolic OH excluding ortho intramolecular Hbond substituents is 1. The van der Waals surface area contributed by atoms with E-state index < -0.39 is 0 Å². The maximum absolute atomic E-state index is 10.5. The van der Waals surface area contributed by atoms with Crippen molar-refractivity contribution in [2.75, 3.05) is 0 Å². The van der Waals surface area contributed by atoms with Gasteiger partial charge in [0.1, 0.15) is 5.75 Å². The van der Waals surface area contributed by atoms with Crippen LogP contribution in [0.2, 0.25) is 0 Å². The molecule has 3 heteroatoms. The Morgan fingerprint density at radius 1 is 0.857 bits per heavy atom. The molecule has 0 aliphatic carbocycles. The molecule has 0 fully saturated rings. The molecule has 3 aromatic carbocycles. The smallest absolute Gasteiger partial charge is 0.123 e. The molecule has 1 atom stereocenters. The Hall–Kier alpha value is -2.15. The molecule has 2 nitrogen and oxygen atoms in total. The van der Waals surface area contributed by atoms with Crippen molar-refractivity contribution in [2.45, 2.75) is 46.2 Å². The van der Waals surface area contributed by atoms with Crippen LogP contribution in [-0.4, -0.2) is 10.6 Å². The van der Waals surface area contributed by atoms with Gasteiger partial charge in [-0.2, -0.15) is 0 Å². The van der Waals surface area contributed by atoms with Crippen LogP contribution in [0.15, 0.2) is 66.7 Å². The second-order valence-electron chi connectivity index (χ2n) is 8.40. The Morgan fingerprint density at radius 2 is 1.61 bits per heavy atom. The van der Waals surface area contributed by atoms with Crippen LogP contribution in [-0.2, 0) is 13.0 Å². The lowest BCUT2D eigenvalue weighted by atomic mass is 10.1. The van der Waals surface area contributed by atoms with E-state index in [2.05, 4.69) is 81.5 Å². The molecular formula is C25H30NOP. The van der Waals surface area contributed by atoms with Gasteiger partial charge in [-0.1, -0.05) is 68.7 Å². The molecule has 146 valence electrons. The molecule has 0 heterocycles. The van der Waals surface area contributed by atoms with Gasteiger partial charge in [0.25, 0.3) is 0 Å². The summed E-state index contributed by atoms with van der Waals surface area (Å²) in [5.41, 5.74) is 5.16. The topological polar surface area (TPSA) is 32.3 Å². The van der Waals surface area contributed by atoms with Crippen molar-refractivity contribution in [3.63, 3.8) is 0 Å². The van der Waals surface area contributed by atoms with Crippen molar-refractivity contribution in [2.24, 2.45) is 0 Å². The van der Waals surface area contributed by atoms with Gasteiger partial charge in [0, 0.05) is 17.4 Å². The minimum Gasteiger partial charge on any atom is -0.507 e. The Labute approximate surface area is 170 Å². The van der Waals surface area contributed by atoms with Crippen LogP contribution in [0.1, 0.15) is 43.0 Å². The highest BCUT2D eigenvalue weighted by atomic mass is 31.1. The van der Waals surface area contributed by atoms with E-state index in [1.54, 1.807) is 0 Å². The van der Waals surface area contributed by atoms with Gasteiger partial charge in [-0.3, -0.25) is 0 Å². The summed E-state index contributed by atoms with van der Waals surface area (Å²) in [6.07, 6.45) is 0.880. The Kier molecular flexibility index (Phi) is 6.54. The second kappa shape index (κ2) is 8.90. The molecule has 0 radical (unpaired) electrons. The van der Waals surface area contributed by atoms with Gasteiger partial charge >= 0.3 is 0 Å². The minimum atomic E-state index is 0.0713. The van der Waals surface area contributed by atoms with Crippen molar-refractivity contribution >= 4 is 19.2 Å². The van der Waals surface area contributed by atoms with Crippen molar-refractivity contribution in [3.05, 3.63) is 89.0 Å². The van der Waals surface area contributed by atoms with Gasteiger partial charge in [-0.15, -0.1) is 0 Å². The molecule has 0 saturated heterocycles. The van der Waals surface area contributed by atoms with Gasteiger partial charge in [-0.05, 0) is 68.2 Å². The fraction of sp³-hybridized carbons (Fsp3) is 0.280. The maximum Gasteiger partial charge on any atom is 0.123 e. The Balaban J connectivity index is 1.84. The van der Waals surface area contributed by atoms with Crippen LogP contribution >= 0.6 is 8.58 Å². The maximum atomic E-state index is 10.5. The first-order valence-electron chi connectivity index (χ1n) is 9.77. The molecule has 0 bridgehead atoms. The third kappa shape index (κ3) is 5.92. The van der Waals surface area contributed by atoms with Crippen LogP contribution in [0.4, 0.5) is 0 Å². The van der Waals surface area contributed by atoms with Crippen molar-refractivity contribution < 1.29 is 5.11 Å². The minimum absolute atomic E-state index is 0.0713. The normalized spacial score (nSPS) is 12.0. The second-order valence-corrected chi connectivity index (χ2v) is 9.73. The predicted molar refractivity (Wildman–Crippen MR) is 123 cm³/mol. The fourth-order valence-corrected chi connectivity index (χ4v) is 4.37. The molecular weight excluding hydrogens is 361 g/mol. The molecule has 2 N–H and O–H groups in total. The summed E-state index contributed by atoms with van der Waals surface area (Å²) < 4.78 is 0. The number of hydrogen-bond acceptors (Lipinski definition) is 2. The summed E-state index contributed by atoms with van der Waals surface area (Å²) in [4.78, 5) is 0. The van der Waals surface area contributed by atoms with Gasteiger partial charge in [0.15, 0.2) is 0 Å². The molecule has 0 amide bonds. The standard InChI is InChI=1S/C25H30NOP/c1-18-10-13-23(21(14-18)17-26-25(2,3)4)28-24-16-20(11-12-22(24)27)15-19-8-6-5-7-9-19/h5-14,16,26-28H,15,17H2,1-4H3. The van der Waals surface area contributed by atoms with E-state index in [1.807, 2.05) is 18.2 Å². The molecule has 0 aromatic heterocycles. The third-order valence-electron chi connectivity index (χ3n) is 4.65. The fourth-order valence-electron chi connectivity index (χ4n) is 3.12. The molecule has 3 rings (SSSR count). The van der Waals surface area contributed by atoms with Crippen molar-refractivity contribution in [3.8, 4) is 5.75 Å². The first kappa shape index (κ1) is 20.6. The molecule has 3 aromatic rings. The average molecular weight is 391 g/mol. The number of aromatic hydroxyl groups is 1. The largest absolute Gasteiger partial charge is 0.507 e. The molecule has 0 aliphatic heterocycles. The lowest BCUT2D eigenvalue weighted by molar-refractivity contribution is 0.425. The SMILES string of the molecule is Cc1ccc(Pc2cc(Cc3ccccc3)ccc2O)c(CNC(C)(C)C)c1. The highest BCUT2D eigenvalue weighted by Crippen LogP contribution is 2.23. The zero-order valence-corrected chi connectivity index (χ0v) is 18.2. The first-order chi connectivity index (χ1) is 13.3. The van der Waals surface area contributed by atoms with E-state index in [4.69, 9.17) is 0 Å². The third-order valence-corrected chi connectivity index (χ3v) is 6.08. The van der Waals surface area contributed by atoms with Crippen LogP contribution in [0.25, 0.3) is 0 Å². The molecule has 0 spiro atoms. The summed E-state index contributed by atoms with van der Waals surface area (Å²) in [6, 6.07) is 23.1. The summed E-state index contributed by atoms with van der Waals surface area (Å²) >= 11 is 0. The number of phenols is 1. The summed E-state index contributed by atoms with van der Waals surface area (Å²) in [5.74, 6) is 0.380. The van der Waals surface area contributed by atoms with Crippen LogP contribution in [0, 0.1) is 6.92 Å². The van der Waals surface area contributed by atoms with E-state index >= 15 is 0 Å². The van der Waals surface area contributed by atoms with Crippen LogP contribution in [0.3, 0.4) is 0 Å². The number of nitrogens with one attached hydrogen (secondary N) is 1. The number of aryl methyl sites for hydroxylation is 1. The highest BCUT2D eigenvalue weighted by Gasteiger charge is 2.12. The van der Waals surface area contributed by atoms with E-state index in [-0.39, 0.29) is 5.54 Å². The van der Waals surface area contributed by atoms with Gasteiger partial charge in [0.2, 0.25) is 0 Å². The quantitative estimate of drug-likeness (QED) is 0.591. The zero-order chi connectivity index (χ0) is 20.1. The number of benzene rings is 3. The summed E-state index contributed by atoms with van der Waals surface area (Å²) in [5, 5.41) is 16.3. The van der Waals surface area contributed by atoms with E-state index in [9.17, 15) is 5.11 Å². The molecule has 0 saturated carbocycles. The monoisotopic (exact) mass is 391 g/mol. The van der Waals surface area contributed by atoms with Gasteiger partial charge in [-0.25, -0.2) is 0 Å². The molecule has 1 unspecified atom stereocenters. The predicted octanol–water partition coefficient (Wildman–Crippen LogP) is 4.81.